The zero-order chi connectivity index (χ0) is 7.84. The van der Waals surface area contributed by atoms with Crippen LogP contribution in [-0.2, 0) is 0 Å². The first-order valence-corrected chi connectivity index (χ1v) is 3.17. The van der Waals surface area contributed by atoms with Gasteiger partial charge in [0.1, 0.15) is 11.3 Å². The first-order valence-electron chi connectivity index (χ1n) is 3.17. The zero-order valence-corrected chi connectivity index (χ0v) is 5.61. The molecule has 0 atom stereocenters. The van der Waals surface area contributed by atoms with Gasteiger partial charge in [0.05, 0.1) is 0 Å². The first kappa shape index (κ1) is 6.09. The third-order valence-corrected chi connectivity index (χ3v) is 1.49. The fraction of sp³-hybridized carbons (Fsp3) is 0. The third kappa shape index (κ3) is 0.902. The first-order chi connectivity index (χ1) is 5.25. The lowest BCUT2D eigenvalue weighted by atomic mass is 10.2. The van der Waals surface area contributed by atoms with E-state index < -0.39 is 0 Å². The van der Waals surface area contributed by atoms with Crippen molar-refractivity contribution in [2.45, 2.75) is 0 Å². The lowest BCUT2D eigenvalue weighted by Gasteiger charge is -1.88. The van der Waals surface area contributed by atoms with E-state index in [2.05, 4.69) is 0 Å². The Labute approximate surface area is 62.5 Å². The second-order valence-electron chi connectivity index (χ2n) is 2.31. The van der Waals surface area contributed by atoms with E-state index in [0.29, 0.717) is 11.0 Å². The van der Waals surface area contributed by atoms with Crippen LogP contribution in [0.2, 0.25) is 0 Å². The quantitative estimate of drug-likeness (QED) is 0.602. The maximum absolute atomic E-state index is 9.02. The Hall–Kier alpha value is -1.64. The van der Waals surface area contributed by atoms with Crippen LogP contribution < -0.4 is 0 Å². The topological polar surface area (TPSA) is 53.6 Å². The van der Waals surface area contributed by atoms with Gasteiger partial charge in [0.25, 0.3) is 5.95 Å². The summed E-state index contributed by atoms with van der Waals surface area (Å²) in [4.78, 5) is 0. The number of aromatic hydroxyl groups is 2. The molecular weight excluding hydrogens is 144 g/mol. The van der Waals surface area contributed by atoms with Crippen molar-refractivity contribution in [3.63, 3.8) is 0 Å². The van der Waals surface area contributed by atoms with Crippen molar-refractivity contribution in [2.24, 2.45) is 0 Å². The molecular formula is C8H6O3. The number of fused-ring (bicyclic) bond motifs is 1. The van der Waals surface area contributed by atoms with Crippen LogP contribution in [0.1, 0.15) is 0 Å². The van der Waals surface area contributed by atoms with E-state index in [9.17, 15) is 0 Å². The molecule has 0 spiro atoms. The number of phenols is 1. The molecule has 0 bridgehead atoms. The largest absolute Gasteiger partial charge is 0.508 e. The van der Waals surface area contributed by atoms with E-state index >= 15 is 0 Å². The lowest BCUT2D eigenvalue weighted by molar-refractivity contribution is 0.346. The van der Waals surface area contributed by atoms with E-state index in [0.717, 1.165) is 0 Å². The molecule has 1 aromatic heterocycles. The second kappa shape index (κ2) is 1.92. The molecule has 0 unspecified atom stereocenters. The summed E-state index contributed by atoms with van der Waals surface area (Å²) in [6, 6.07) is 6.09. The number of rotatable bonds is 0. The zero-order valence-electron chi connectivity index (χ0n) is 5.61. The minimum absolute atomic E-state index is 0.134. The fourth-order valence-electron chi connectivity index (χ4n) is 1.02. The lowest BCUT2D eigenvalue weighted by Crippen LogP contribution is -1.62. The number of furan rings is 1. The predicted octanol–water partition coefficient (Wildman–Crippen LogP) is 1.84. The average Bonchev–Trinajstić information content (AvgIpc) is 2.27. The number of phenolic OH excluding ortho intramolecular Hbond substituents is 1. The highest BCUT2D eigenvalue weighted by molar-refractivity contribution is 5.80. The molecule has 56 valence electrons. The Balaban J connectivity index is 2.82. The highest BCUT2D eigenvalue weighted by Gasteiger charge is 2.01. The van der Waals surface area contributed by atoms with Crippen molar-refractivity contribution < 1.29 is 14.6 Å². The van der Waals surface area contributed by atoms with Crippen molar-refractivity contribution in [2.75, 3.05) is 0 Å². The summed E-state index contributed by atoms with van der Waals surface area (Å²) in [5, 5.41) is 18.6. The van der Waals surface area contributed by atoms with Crippen LogP contribution in [0.4, 0.5) is 0 Å². The van der Waals surface area contributed by atoms with Crippen molar-refractivity contribution in [1.29, 1.82) is 0 Å². The minimum Gasteiger partial charge on any atom is -0.508 e. The minimum atomic E-state index is -0.134. The highest BCUT2D eigenvalue weighted by atomic mass is 16.5. The number of hydrogen-bond acceptors (Lipinski definition) is 3. The van der Waals surface area contributed by atoms with Crippen molar-refractivity contribution in [3.05, 3.63) is 24.3 Å². The van der Waals surface area contributed by atoms with Crippen LogP contribution in [0.15, 0.2) is 28.7 Å². The number of benzene rings is 1. The molecule has 0 saturated heterocycles. The van der Waals surface area contributed by atoms with Gasteiger partial charge < -0.3 is 14.6 Å². The molecule has 0 aliphatic rings. The van der Waals surface area contributed by atoms with Crippen molar-refractivity contribution in [3.8, 4) is 11.7 Å². The standard InChI is InChI=1S/C8H6O3/c9-6-1-2-7-5(3-6)4-8(10)11-7/h1-4,9-10H. The van der Waals surface area contributed by atoms with Gasteiger partial charge in [-0.05, 0) is 18.2 Å². The summed E-state index contributed by atoms with van der Waals surface area (Å²) < 4.78 is 4.87. The summed E-state index contributed by atoms with van der Waals surface area (Å²) >= 11 is 0. The van der Waals surface area contributed by atoms with E-state index in [1.54, 1.807) is 6.07 Å². The number of hydrogen-bond donors (Lipinski definition) is 2. The smallest absolute Gasteiger partial charge is 0.282 e. The molecule has 0 aliphatic carbocycles. The molecule has 0 saturated carbocycles. The van der Waals surface area contributed by atoms with Crippen LogP contribution in [-0.4, -0.2) is 10.2 Å². The monoisotopic (exact) mass is 150 g/mol. The van der Waals surface area contributed by atoms with Crippen LogP contribution in [0.5, 0.6) is 11.7 Å². The van der Waals surface area contributed by atoms with Crippen LogP contribution in [0.25, 0.3) is 11.0 Å². The Bertz CT molecular complexity index is 389. The molecule has 2 rings (SSSR count). The van der Waals surface area contributed by atoms with Gasteiger partial charge in [-0.2, -0.15) is 0 Å². The molecule has 2 aromatic rings. The molecule has 11 heavy (non-hydrogen) atoms. The van der Waals surface area contributed by atoms with Gasteiger partial charge in [-0.15, -0.1) is 0 Å². The van der Waals surface area contributed by atoms with Gasteiger partial charge in [0.15, 0.2) is 0 Å². The predicted molar refractivity (Wildman–Crippen MR) is 39.5 cm³/mol. The van der Waals surface area contributed by atoms with E-state index in [1.165, 1.54) is 18.2 Å². The summed E-state index contributed by atoms with van der Waals surface area (Å²) in [5.74, 6) is 0.0314. The van der Waals surface area contributed by atoms with E-state index in [1.807, 2.05) is 0 Å². The summed E-state index contributed by atoms with van der Waals surface area (Å²) in [5.41, 5.74) is 0.570. The van der Waals surface area contributed by atoms with E-state index in [4.69, 9.17) is 14.6 Å². The summed E-state index contributed by atoms with van der Waals surface area (Å²) in [7, 11) is 0. The Morgan fingerprint density at radius 3 is 2.73 bits per heavy atom. The molecule has 0 aliphatic heterocycles. The Kier molecular flexibility index (Phi) is 1.06. The van der Waals surface area contributed by atoms with Crippen molar-refractivity contribution in [1.82, 2.24) is 0 Å². The van der Waals surface area contributed by atoms with Crippen LogP contribution in [0, 0.1) is 0 Å². The molecule has 1 heterocycles. The second-order valence-corrected chi connectivity index (χ2v) is 2.31. The highest BCUT2D eigenvalue weighted by Crippen LogP contribution is 2.26. The molecule has 3 heteroatoms. The maximum Gasteiger partial charge on any atom is 0.282 e. The Morgan fingerprint density at radius 1 is 1.09 bits per heavy atom. The molecule has 1 aromatic carbocycles. The normalized spacial score (nSPS) is 10.5. The third-order valence-electron chi connectivity index (χ3n) is 1.49. The SMILES string of the molecule is Oc1ccc2oc(O)cc2c1. The van der Waals surface area contributed by atoms with Crippen LogP contribution in [0.3, 0.4) is 0 Å². The molecule has 0 fully saturated rings. The summed E-state index contributed by atoms with van der Waals surface area (Å²) in [6.07, 6.45) is 0. The van der Waals surface area contributed by atoms with Gasteiger partial charge >= 0.3 is 0 Å². The van der Waals surface area contributed by atoms with Gasteiger partial charge in [-0.25, -0.2) is 0 Å². The van der Waals surface area contributed by atoms with Crippen LogP contribution >= 0.6 is 0 Å². The Morgan fingerprint density at radius 2 is 1.91 bits per heavy atom. The fourth-order valence-corrected chi connectivity index (χ4v) is 1.02. The molecule has 0 radical (unpaired) electrons. The molecule has 0 amide bonds. The van der Waals surface area contributed by atoms with Gasteiger partial charge in [0, 0.05) is 11.5 Å². The molecule has 2 N–H and O–H groups in total. The van der Waals surface area contributed by atoms with Crippen molar-refractivity contribution >= 4 is 11.0 Å². The molecule has 3 nitrogen and oxygen atoms in total. The average molecular weight is 150 g/mol. The van der Waals surface area contributed by atoms with Gasteiger partial charge in [-0.3, -0.25) is 0 Å². The van der Waals surface area contributed by atoms with E-state index in [-0.39, 0.29) is 11.7 Å². The van der Waals surface area contributed by atoms with Gasteiger partial charge in [-0.1, -0.05) is 0 Å². The maximum atomic E-state index is 9.02. The summed E-state index contributed by atoms with van der Waals surface area (Å²) in [6.45, 7) is 0. The van der Waals surface area contributed by atoms with Gasteiger partial charge in [0.2, 0.25) is 0 Å².